The van der Waals surface area contributed by atoms with Gasteiger partial charge in [0.1, 0.15) is 24.6 Å². The molecule has 0 fully saturated rings. The number of hydrogen-bond acceptors (Lipinski definition) is 7. The molecule has 1 aromatic heterocycles. The summed E-state index contributed by atoms with van der Waals surface area (Å²) in [4.78, 5) is 29.6. The van der Waals surface area contributed by atoms with Gasteiger partial charge in [0.2, 0.25) is 11.9 Å². The number of methoxy groups -OCH3 is 1. The fourth-order valence-electron chi connectivity index (χ4n) is 2.46. The molecular formula is C18H24N6O6S. The van der Waals surface area contributed by atoms with E-state index >= 15 is 0 Å². The van der Waals surface area contributed by atoms with Gasteiger partial charge in [-0.2, -0.15) is 0 Å². The zero-order valence-electron chi connectivity index (χ0n) is 17.0. The zero-order valence-corrected chi connectivity index (χ0v) is 17.8. The van der Waals surface area contributed by atoms with Crippen LogP contribution in [0.1, 0.15) is 5.69 Å². The first-order valence-electron chi connectivity index (χ1n) is 8.99. The van der Waals surface area contributed by atoms with Crippen LogP contribution in [-0.4, -0.2) is 45.1 Å². The molecule has 0 unspecified atom stereocenters. The van der Waals surface area contributed by atoms with Gasteiger partial charge >= 0.3 is 0 Å². The number of carbonyl (C=O) groups is 1. The molecule has 0 saturated carbocycles. The van der Waals surface area contributed by atoms with Gasteiger partial charge in [-0.1, -0.05) is 0 Å². The standard InChI is InChI=1S/C18H24N6O6S/c1-12-3-8-15(23-31(27,28)14-6-4-13(29-2)5-7-14)17(26)24(12)11-16(25)21-9-10-30-22-18(19)20/h3-8,23H,9-11H2,1-2H3,(H,21,25)(H4,19,20,22). The highest BCUT2D eigenvalue weighted by Crippen LogP contribution is 2.18. The Kier molecular flexibility index (Phi) is 7.85. The molecule has 6 N–H and O–H groups in total. The highest BCUT2D eigenvalue weighted by molar-refractivity contribution is 7.92. The predicted molar refractivity (Wildman–Crippen MR) is 114 cm³/mol. The molecule has 31 heavy (non-hydrogen) atoms. The molecule has 1 heterocycles. The highest BCUT2D eigenvalue weighted by Gasteiger charge is 2.18. The molecule has 2 rings (SSSR count). The fraction of sp³-hybridized carbons (Fsp3) is 0.278. The summed E-state index contributed by atoms with van der Waals surface area (Å²) in [5.41, 5.74) is 9.83. The maximum atomic E-state index is 12.8. The van der Waals surface area contributed by atoms with Gasteiger partial charge in [0.25, 0.3) is 15.6 Å². The average Bonchev–Trinajstić information content (AvgIpc) is 2.72. The molecule has 0 aliphatic carbocycles. The van der Waals surface area contributed by atoms with E-state index < -0.39 is 21.5 Å². The van der Waals surface area contributed by atoms with Crippen LogP contribution < -0.4 is 31.8 Å². The molecule has 13 heteroatoms. The van der Waals surface area contributed by atoms with Crippen LogP contribution in [0, 0.1) is 6.92 Å². The van der Waals surface area contributed by atoms with Crippen molar-refractivity contribution < 1.29 is 22.8 Å². The summed E-state index contributed by atoms with van der Waals surface area (Å²) in [6, 6.07) is 8.56. The zero-order chi connectivity index (χ0) is 23.0. The van der Waals surface area contributed by atoms with Crippen molar-refractivity contribution in [1.29, 1.82) is 0 Å². The van der Waals surface area contributed by atoms with Crippen molar-refractivity contribution in [3.8, 4) is 5.75 Å². The normalized spacial score (nSPS) is 10.8. The summed E-state index contributed by atoms with van der Waals surface area (Å²) in [5, 5.41) is 5.85. The molecule has 0 aliphatic heterocycles. The lowest BCUT2D eigenvalue weighted by atomic mass is 10.3. The van der Waals surface area contributed by atoms with Gasteiger partial charge in [-0.05, 0) is 48.5 Å². The Bertz CT molecular complexity index is 1110. The number of nitrogens with zero attached hydrogens (tertiary/aromatic N) is 2. The Labute approximate surface area is 178 Å². The monoisotopic (exact) mass is 452 g/mol. The minimum atomic E-state index is -4.02. The first-order chi connectivity index (χ1) is 14.6. The number of anilines is 1. The Balaban J connectivity index is 2.11. The van der Waals surface area contributed by atoms with Gasteiger partial charge in [-0.15, -0.1) is 0 Å². The van der Waals surface area contributed by atoms with Crippen LogP contribution in [0.2, 0.25) is 0 Å². The summed E-state index contributed by atoms with van der Waals surface area (Å²) in [5.74, 6) is -0.234. The molecule has 0 aliphatic rings. The van der Waals surface area contributed by atoms with E-state index in [2.05, 4.69) is 15.2 Å². The van der Waals surface area contributed by atoms with Crippen LogP contribution in [0.3, 0.4) is 0 Å². The number of guanidine groups is 1. The van der Waals surface area contributed by atoms with Gasteiger partial charge in [0, 0.05) is 5.69 Å². The van der Waals surface area contributed by atoms with Crippen LogP contribution >= 0.6 is 0 Å². The lowest BCUT2D eigenvalue weighted by molar-refractivity contribution is -0.122. The van der Waals surface area contributed by atoms with Crippen molar-refractivity contribution in [1.82, 2.24) is 9.88 Å². The van der Waals surface area contributed by atoms with E-state index in [9.17, 15) is 18.0 Å². The van der Waals surface area contributed by atoms with Crippen LogP contribution in [0.4, 0.5) is 5.69 Å². The van der Waals surface area contributed by atoms with Gasteiger partial charge in [0.05, 0.1) is 18.6 Å². The number of nitrogens with one attached hydrogen (secondary N) is 2. The number of carbonyl (C=O) groups excluding carboxylic acids is 1. The van der Waals surface area contributed by atoms with E-state index in [0.29, 0.717) is 11.4 Å². The Hall–Kier alpha value is -3.74. The lowest BCUT2D eigenvalue weighted by Gasteiger charge is -2.13. The molecule has 2 aromatic rings. The van der Waals surface area contributed by atoms with Crippen molar-refractivity contribution in [3.63, 3.8) is 0 Å². The third-order valence-corrected chi connectivity index (χ3v) is 5.38. The number of nitrogens with two attached hydrogens (primary N) is 2. The Morgan fingerprint density at radius 1 is 1.16 bits per heavy atom. The average molecular weight is 452 g/mol. The van der Waals surface area contributed by atoms with Gasteiger partial charge < -0.3 is 30.9 Å². The second-order valence-corrected chi connectivity index (χ2v) is 7.94. The summed E-state index contributed by atoms with van der Waals surface area (Å²) < 4.78 is 33.6. The number of aromatic nitrogens is 1. The topological polar surface area (TPSA) is 180 Å². The SMILES string of the molecule is COc1ccc(S(=O)(=O)Nc2ccc(C)n(CC(=O)NCCON=C(N)N)c2=O)cc1. The molecule has 168 valence electrons. The van der Waals surface area contributed by atoms with Crippen molar-refractivity contribution in [3.05, 3.63) is 52.4 Å². The maximum absolute atomic E-state index is 12.8. The minimum Gasteiger partial charge on any atom is -0.497 e. The van der Waals surface area contributed by atoms with E-state index in [1.54, 1.807) is 6.92 Å². The number of ether oxygens (including phenoxy) is 1. The first-order valence-corrected chi connectivity index (χ1v) is 10.5. The number of amides is 1. The summed E-state index contributed by atoms with van der Waals surface area (Å²) >= 11 is 0. The van der Waals surface area contributed by atoms with Gasteiger partial charge in [-0.3, -0.25) is 14.3 Å². The highest BCUT2D eigenvalue weighted by atomic mass is 32.2. The van der Waals surface area contributed by atoms with E-state index in [1.807, 2.05) is 0 Å². The van der Waals surface area contributed by atoms with Gasteiger partial charge in [0.15, 0.2) is 0 Å². The fourth-order valence-corrected chi connectivity index (χ4v) is 3.52. The number of pyridine rings is 1. The van der Waals surface area contributed by atoms with E-state index in [1.165, 1.54) is 43.5 Å². The summed E-state index contributed by atoms with van der Waals surface area (Å²) in [6.45, 7) is 1.44. The molecule has 1 aromatic carbocycles. The molecule has 1 amide bonds. The minimum absolute atomic E-state index is 0.0270. The quantitative estimate of drug-likeness (QED) is 0.158. The number of oxime groups is 1. The molecule has 0 saturated heterocycles. The van der Waals surface area contributed by atoms with Crippen LogP contribution in [0.25, 0.3) is 0 Å². The number of hydrogen-bond donors (Lipinski definition) is 4. The summed E-state index contributed by atoms with van der Waals surface area (Å²) in [7, 11) is -2.55. The van der Waals surface area contributed by atoms with Crippen molar-refractivity contribution in [2.75, 3.05) is 25.0 Å². The Morgan fingerprint density at radius 2 is 1.84 bits per heavy atom. The second kappa shape index (κ2) is 10.3. The third kappa shape index (κ3) is 6.64. The second-order valence-electron chi connectivity index (χ2n) is 6.26. The Morgan fingerprint density at radius 3 is 2.45 bits per heavy atom. The summed E-state index contributed by atoms with van der Waals surface area (Å²) in [6.07, 6.45) is 0. The molecule has 12 nitrogen and oxygen atoms in total. The molecule has 0 radical (unpaired) electrons. The van der Waals surface area contributed by atoms with Gasteiger partial charge in [-0.25, -0.2) is 8.42 Å². The molecule has 0 spiro atoms. The van der Waals surface area contributed by atoms with Crippen LogP contribution in [0.15, 0.2) is 51.2 Å². The van der Waals surface area contributed by atoms with Crippen LogP contribution in [0.5, 0.6) is 5.75 Å². The molecule has 0 atom stereocenters. The smallest absolute Gasteiger partial charge is 0.275 e. The van der Waals surface area contributed by atoms with E-state index in [4.69, 9.17) is 21.0 Å². The number of benzene rings is 1. The van der Waals surface area contributed by atoms with E-state index in [-0.39, 0.29) is 36.2 Å². The predicted octanol–water partition coefficient (Wildman–Crippen LogP) is -0.713. The number of rotatable bonds is 10. The van der Waals surface area contributed by atoms with Crippen molar-refractivity contribution >= 4 is 27.6 Å². The molecular weight excluding hydrogens is 428 g/mol. The molecule has 0 bridgehead atoms. The van der Waals surface area contributed by atoms with Crippen molar-refractivity contribution in [2.45, 2.75) is 18.4 Å². The first kappa shape index (κ1) is 23.5. The van der Waals surface area contributed by atoms with Crippen molar-refractivity contribution in [2.24, 2.45) is 16.6 Å². The lowest BCUT2D eigenvalue weighted by Crippen LogP contribution is -2.36. The van der Waals surface area contributed by atoms with Crippen LogP contribution in [-0.2, 0) is 26.2 Å². The maximum Gasteiger partial charge on any atom is 0.275 e. The number of aryl methyl sites for hydroxylation is 1. The third-order valence-electron chi connectivity index (χ3n) is 3.99. The largest absolute Gasteiger partial charge is 0.497 e. The number of sulfonamides is 1. The van der Waals surface area contributed by atoms with E-state index in [0.717, 1.165) is 4.57 Å².